The molecule has 9 heteroatoms. The Morgan fingerprint density at radius 2 is 1.64 bits per heavy atom. The minimum Gasteiger partial charge on any atom is -0.486 e. The van der Waals surface area contributed by atoms with Crippen molar-refractivity contribution in [3.05, 3.63) is 84.2 Å². The zero-order valence-corrected chi connectivity index (χ0v) is 21.0. The Labute approximate surface area is 210 Å². The highest BCUT2D eigenvalue weighted by atomic mass is 32.2. The van der Waals surface area contributed by atoms with E-state index in [0.717, 1.165) is 22.0 Å². The molecule has 190 valence electrons. The molecule has 1 aliphatic heterocycles. The van der Waals surface area contributed by atoms with Crippen LogP contribution in [-0.2, 0) is 14.8 Å². The van der Waals surface area contributed by atoms with E-state index in [2.05, 4.69) is 19.2 Å². The van der Waals surface area contributed by atoms with Gasteiger partial charge in [-0.25, -0.2) is 12.8 Å². The maximum atomic E-state index is 13.7. The Hall–Kier alpha value is -3.59. The minimum absolute atomic E-state index is 0.0642. The maximum Gasteiger partial charge on any atom is 0.264 e. The molecule has 3 aromatic rings. The predicted molar refractivity (Wildman–Crippen MR) is 135 cm³/mol. The van der Waals surface area contributed by atoms with Crippen molar-refractivity contribution in [2.45, 2.75) is 31.2 Å². The highest BCUT2D eigenvalue weighted by Gasteiger charge is 2.30. The van der Waals surface area contributed by atoms with E-state index >= 15 is 0 Å². The van der Waals surface area contributed by atoms with Crippen LogP contribution in [-0.4, -0.2) is 34.1 Å². The van der Waals surface area contributed by atoms with Crippen LogP contribution in [0.3, 0.4) is 0 Å². The Bertz CT molecular complexity index is 1300. The van der Waals surface area contributed by atoms with Gasteiger partial charge in [0.2, 0.25) is 5.91 Å². The number of benzene rings is 3. The Morgan fingerprint density at radius 1 is 0.972 bits per heavy atom. The number of amides is 1. The van der Waals surface area contributed by atoms with Gasteiger partial charge in [0.25, 0.3) is 10.0 Å². The number of hydrogen-bond donors (Lipinski definition) is 1. The second-order valence-electron chi connectivity index (χ2n) is 8.95. The number of carbonyl (C=O) groups is 1. The third-order valence-corrected chi connectivity index (χ3v) is 7.52. The molecule has 0 spiro atoms. The van der Waals surface area contributed by atoms with Crippen molar-refractivity contribution in [1.82, 2.24) is 5.32 Å². The van der Waals surface area contributed by atoms with Crippen molar-refractivity contribution in [3.8, 4) is 11.5 Å². The summed E-state index contributed by atoms with van der Waals surface area (Å²) >= 11 is 0. The monoisotopic (exact) mass is 512 g/mol. The van der Waals surface area contributed by atoms with E-state index in [-0.39, 0.29) is 16.6 Å². The van der Waals surface area contributed by atoms with E-state index in [1.807, 2.05) is 30.3 Å². The van der Waals surface area contributed by atoms with Crippen LogP contribution in [0.2, 0.25) is 0 Å². The summed E-state index contributed by atoms with van der Waals surface area (Å²) < 4.78 is 53.1. The number of fused-ring (bicyclic) bond motifs is 1. The SMILES string of the molecule is CC(C)C[C@H](NC(=O)CN(c1ccc(F)cc1)S(=O)(=O)c1ccc2c(c1)OCCO2)c1ccccc1. The molecule has 0 unspecified atom stereocenters. The van der Waals surface area contributed by atoms with Gasteiger partial charge < -0.3 is 14.8 Å². The smallest absolute Gasteiger partial charge is 0.264 e. The molecule has 1 N–H and O–H groups in total. The number of halogens is 1. The van der Waals surface area contributed by atoms with Gasteiger partial charge in [-0.15, -0.1) is 0 Å². The fourth-order valence-electron chi connectivity index (χ4n) is 4.04. The zero-order valence-electron chi connectivity index (χ0n) is 20.2. The lowest BCUT2D eigenvalue weighted by Gasteiger charge is -2.27. The molecule has 36 heavy (non-hydrogen) atoms. The van der Waals surface area contributed by atoms with Gasteiger partial charge in [-0.3, -0.25) is 9.10 Å². The van der Waals surface area contributed by atoms with Crippen LogP contribution >= 0.6 is 0 Å². The lowest BCUT2D eigenvalue weighted by Crippen LogP contribution is -2.42. The van der Waals surface area contributed by atoms with Crippen LogP contribution in [0.5, 0.6) is 11.5 Å². The molecule has 7 nitrogen and oxygen atoms in total. The van der Waals surface area contributed by atoms with E-state index in [9.17, 15) is 17.6 Å². The quantitative estimate of drug-likeness (QED) is 0.450. The second kappa shape index (κ2) is 11.0. The molecule has 0 bridgehead atoms. The van der Waals surface area contributed by atoms with E-state index in [4.69, 9.17) is 9.47 Å². The van der Waals surface area contributed by atoms with Crippen LogP contribution in [0.15, 0.2) is 77.7 Å². The maximum absolute atomic E-state index is 13.7. The summed E-state index contributed by atoms with van der Waals surface area (Å²) in [5.41, 5.74) is 1.10. The molecule has 1 atom stereocenters. The molecule has 0 saturated carbocycles. The number of nitrogens with zero attached hydrogens (tertiary/aromatic N) is 1. The fourth-order valence-corrected chi connectivity index (χ4v) is 5.48. The number of ether oxygens (including phenoxy) is 2. The molecule has 4 rings (SSSR count). The average Bonchev–Trinajstić information content (AvgIpc) is 2.87. The molecule has 3 aromatic carbocycles. The lowest BCUT2D eigenvalue weighted by molar-refractivity contribution is -0.120. The van der Waals surface area contributed by atoms with Gasteiger partial charge in [0.15, 0.2) is 11.5 Å². The minimum atomic E-state index is -4.20. The number of anilines is 1. The molecule has 1 amide bonds. The van der Waals surface area contributed by atoms with E-state index in [1.54, 1.807) is 0 Å². The Balaban J connectivity index is 1.64. The molecule has 1 heterocycles. The summed E-state index contributed by atoms with van der Waals surface area (Å²) in [7, 11) is -4.20. The third kappa shape index (κ3) is 5.96. The van der Waals surface area contributed by atoms with Gasteiger partial charge in [0.05, 0.1) is 16.6 Å². The summed E-state index contributed by atoms with van der Waals surface area (Å²) in [5.74, 6) is 0.0682. The van der Waals surface area contributed by atoms with Gasteiger partial charge in [-0.1, -0.05) is 44.2 Å². The van der Waals surface area contributed by atoms with E-state index < -0.39 is 28.3 Å². The molecule has 1 aliphatic rings. The van der Waals surface area contributed by atoms with Crippen LogP contribution < -0.4 is 19.1 Å². The number of rotatable bonds is 9. The summed E-state index contributed by atoms with van der Waals surface area (Å²) in [6.07, 6.45) is 0.682. The van der Waals surface area contributed by atoms with Crippen molar-refractivity contribution in [1.29, 1.82) is 0 Å². The first-order valence-corrected chi connectivity index (χ1v) is 13.2. The zero-order chi connectivity index (χ0) is 25.7. The number of sulfonamides is 1. The highest BCUT2D eigenvalue weighted by molar-refractivity contribution is 7.92. The van der Waals surface area contributed by atoms with Crippen LogP contribution in [0, 0.1) is 11.7 Å². The molecule has 0 radical (unpaired) electrons. The van der Waals surface area contributed by atoms with Gasteiger partial charge in [0, 0.05) is 6.07 Å². The Morgan fingerprint density at radius 3 is 2.31 bits per heavy atom. The first-order chi connectivity index (χ1) is 17.2. The average molecular weight is 513 g/mol. The molecule has 0 aromatic heterocycles. The van der Waals surface area contributed by atoms with E-state index in [1.165, 1.54) is 30.3 Å². The number of nitrogens with one attached hydrogen (secondary N) is 1. The summed E-state index contributed by atoms with van der Waals surface area (Å²) in [6, 6.07) is 18.5. The van der Waals surface area contributed by atoms with E-state index in [0.29, 0.717) is 37.1 Å². The largest absolute Gasteiger partial charge is 0.486 e. The van der Waals surface area contributed by atoms with Crippen LogP contribution in [0.25, 0.3) is 0 Å². The highest BCUT2D eigenvalue weighted by Crippen LogP contribution is 2.34. The Kier molecular flexibility index (Phi) is 7.79. The van der Waals surface area contributed by atoms with Gasteiger partial charge in [-0.05, 0) is 54.3 Å². The summed E-state index contributed by atoms with van der Waals surface area (Å²) in [6.45, 7) is 4.31. The first-order valence-electron chi connectivity index (χ1n) is 11.8. The lowest BCUT2D eigenvalue weighted by atomic mass is 9.97. The van der Waals surface area contributed by atoms with Crippen LogP contribution in [0.1, 0.15) is 31.9 Å². The van der Waals surface area contributed by atoms with Crippen molar-refractivity contribution in [2.24, 2.45) is 5.92 Å². The van der Waals surface area contributed by atoms with Gasteiger partial charge >= 0.3 is 0 Å². The third-order valence-electron chi connectivity index (χ3n) is 5.75. The van der Waals surface area contributed by atoms with Crippen molar-refractivity contribution >= 4 is 21.6 Å². The molecule has 0 saturated heterocycles. The standard InChI is InChI=1S/C27H29FN2O5S/c1-19(2)16-24(20-6-4-3-5-7-20)29-27(31)18-30(22-10-8-21(28)9-11-22)36(32,33)23-12-13-25-26(17-23)35-15-14-34-25/h3-13,17,19,24H,14-16,18H2,1-2H3,(H,29,31)/t24-/m0/s1. The topological polar surface area (TPSA) is 84.9 Å². The normalized spacial score (nSPS) is 13.8. The van der Waals surface area contributed by atoms with Crippen molar-refractivity contribution in [2.75, 3.05) is 24.1 Å². The number of hydrogen-bond acceptors (Lipinski definition) is 5. The van der Waals surface area contributed by atoms with Crippen LogP contribution in [0.4, 0.5) is 10.1 Å². The van der Waals surface area contributed by atoms with Crippen molar-refractivity contribution < 1.29 is 27.1 Å². The molecule has 0 aliphatic carbocycles. The predicted octanol–water partition coefficient (Wildman–Crippen LogP) is 4.70. The first kappa shape index (κ1) is 25.5. The van der Waals surface area contributed by atoms with Gasteiger partial charge in [-0.2, -0.15) is 0 Å². The van der Waals surface area contributed by atoms with Gasteiger partial charge in [0.1, 0.15) is 25.6 Å². The molecular formula is C27H29FN2O5S. The fraction of sp³-hybridized carbons (Fsp3) is 0.296. The summed E-state index contributed by atoms with van der Waals surface area (Å²) in [5, 5.41) is 2.99. The molecule has 0 fully saturated rings. The number of carbonyl (C=O) groups excluding carboxylic acids is 1. The van der Waals surface area contributed by atoms with Crippen molar-refractivity contribution in [3.63, 3.8) is 0 Å². The summed E-state index contributed by atoms with van der Waals surface area (Å²) in [4.78, 5) is 13.2. The second-order valence-corrected chi connectivity index (χ2v) is 10.8. The molecular weight excluding hydrogens is 483 g/mol.